The highest BCUT2D eigenvalue weighted by Crippen LogP contribution is 2.36. The van der Waals surface area contributed by atoms with E-state index in [1.54, 1.807) is 6.92 Å². The minimum atomic E-state index is -0.318. The van der Waals surface area contributed by atoms with Crippen LogP contribution in [0.15, 0.2) is 24.3 Å². The number of fused-ring (bicyclic) bond motifs is 1. The van der Waals surface area contributed by atoms with E-state index in [9.17, 15) is 4.79 Å². The number of hydrogen-bond donors (Lipinski definition) is 1. The first-order valence-electron chi connectivity index (χ1n) is 6.81. The summed E-state index contributed by atoms with van der Waals surface area (Å²) in [7, 11) is 0. The predicted octanol–water partition coefficient (Wildman–Crippen LogP) is 1.83. The third kappa shape index (κ3) is 3.33. The average Bonchev–Trinajstić information content (AvgIpc) is 2.44. The Balaban J connectivity index is 2.09. The van der Waals surface area contributed by atoms with E-state index in [1.165, 1.54) is 5.56 Å². The van der Waals surface area contributed by atoms with Crippen molar-refractivity contribution in [1.82, 2.24) is 0 Å². The minimum absolute atomic E-state index is 0.0106. The number of carbonyl (C=O) groups is 1. The molecule has 2 rings (SSSR count). The first-order valence-corrected chi connectivity index (χ1v) is 6.81. The number of esters is 1. The number of ether oxygens (including phenoxy) is 2. The minimum Gasteiger partial charge on any atom is -0.464 e. The molecular weight excluding hydrogens is 242 g/mol. The van der Waals surface area contributed by atoms with E-state index in [1.807, 2.05) is 12.1 Å². The molecule has 0 aromatic heterocycles. The summed E-state index contributed by atoms with van der Waals surface area (Å²) in [6.45, 7) is 2.73. The van der Waals surface area contributed by atoms with Crippen LogP contribution in [-0.2, 0) is 20.7 Å². The number of nitrogens with two attached hydrogens (primary N) is 1. The van der Waals surface area contributed by atoms with Crippen LogP contribution in [0, 0.1) is 5.92 Å². The van der Waals surface area contributed by atoms with Crippen LogP contribution < -0.4 is 5.73 Å². The fourth-order valence-corrected chi connectivity index (χ4v) is 2.61. The van der Waals surface area contributed by atoms with Gasteiger partial charge in [-0.1, -0.05) is 24.3 Å². The Morgan fingerprint density at radius 1 is 1.42 bits per heavy atom. The molecule has 0 bridgehead atoms. The number of hydrogen-bond acceptors (Lipinski definition) is 4. The van der Waals surface area contributed by atoms with Crippen molar-refractivity contribution in [3.05, 3.63) is 35.4 Å². The summed E-state index contributed by atoms with van der Waals surface area (Å²) in [5.41, 5.74) is 8.27. The number of benzene rings is 1. The molecule has 1 aliphatic carbocycles. The van der Waals surface area contributed by atoms with Crippen molar-refractivity contribution < 1.29 is 14.3 Å². The van der Waals surface area contributed by atoms with Gasteiger partial charge < -0.3 is 15.2 Å². The van der Waals surface area contributed by atoms with Crippen LogP contribution in [0.3, 0.4) is 0 Å². The second-order valence-electron chi connectivity index (χ2n) is 4.77. The number of aryl methyl sites for hydroxylation is 1. The van der Waals surface area contributed by atoms with Gasteiger partial charge in [0.25, 0.3) is 0 Å². The maximum Gasteiger partial charge on any atom is 0.332 e. The lowest BCUT2D eigenvalue weighted by Crippen LogP contribution is -2.30. The molecule has 104 valence electrons. The van der Waals surface area contributed by atoms with E-state index in [-0.39, 0.29) is 24.6 Å². The highest BCUT2D eigenvalue weighted by atomic mass is 16.6. The van der Waals surface area contributed by atoms with E-state index in [0.717, 1.165) is 18.4 Å². The SMILES string of the molecule is CCOC(=O)COC1c2ccccc2CC[C@H]1CN. The lowest BCUT2D eigenvalue weighted by atomic mass is 9.81. The Morgan fingerprint density at radius 3 is 2.95 bits per heavy atom. The molecule has 0 heterocycles. The van der Waals surface area contributed by atoms with Crippen LogP contribution in [0.2, 0.25) is 0 Å². The van der Waals surface area contributed by atoms with Crippen LogP contribution in [-0.4, -0.2) is 25.7 Å². The number of carbonyl (C=O) groups excluding carboxylic acids is 1. The Bertz CT molecular complexity index is 433. The summed E-state index contributed by atoms with van der Waals surface area (Å²) in [6.07, 6.45) is 1.93. The van der Waals surface area contributed by atoms with Crippen molar-refractivity contribution in [2.24, 2.45) is 11.7 Å². The summed E-state index contributed by atoms with van der Waals surface area (Å²) in [6, 6.07) is 8.21. The van der Waals surface area contributed by atoms with E-state index in [0.29, 0.717) is 13.2 Å². The van der Waals surface area contributed by atoms with Crippen LogP contribution in [0.25, 0.3) is 0 Å². The molecule has 0 aliphatic heterocycles. The summed E-state index contributed by atoms with van der Waals surface area (Å²) in [5.74, 6) is -0.0503. The monoisotopic (exact) mass is 263 g/mol. The molecule has 0 spiro atoms. The van der Waals surface area contributed by atoms with Crippen LogP contribution in [0.5, 0.6) is 0 Å². The van der Waals surface area contributed by atoms with Gasteiger partial charge in [-0.3, -0.25) is 0 Å². The standard InChI is InChI=1S/C15H21NO3/c1-2-18-14(17)10-19-15-12(9-16)8-7-11-5-3-4-6-13(11)15/h3-6,12,15H,2,7-10,16H2,1H3/t12-,15?/m0/s1. The molecule has 1 aliphatic rings. The zero-order chi connectivity index (χ0) is 13.7. The maximum absolute atomic E-state index is 11.4. The van der Waals surface area contributed by atoms with Crippen molar-refractivity contribution >= 4 is 5.97 Å². The summed E-state index contributed by atoms with van der Waals surface area (Å²) in [5, 5.41) is 0. The van der Waals surface area contributed by atoms with Crippen molar-refractivity contribution in [2.75, 3.05) is 19.8 Å². The molecule has 0 fully saturated rings. The summed E-state index contributed by atoms with van der Waals surface area (Å²) < 4.78 is 10.7. The number of rotatable bonds is 5. The highest BCUT2D eigenvalue weighted by molar-refractivity contribution is 5.70. The Morgan fingerprint density at radius 2 is 2.21 bits per heavy atom. The van der Waals surface area contributed by atoms with E-state index < -0.39 is 0 Å². The normalized spacial score (nSPS) is 21.8. The van der Waals surface area contributed by atoms with Crippen molar-refractivity contribution in [3.63, 3.8) is 0 Å². The molecule has 4 nitrogen and oxygen atoms in total. The van der Waals surface area contributed by atoms with Crippen molar-refractivity contribution in [2.45, 2.75) is 25.9 Å². The first kappa shape index (κ1) is 14.0. The Labute approximate surface area is 113 Å². The van der Waals surface area contributed by atoms with Crippen molar-refractivity contribution in [1.29, 1.82) is 0 Å². The lowest BCUT2D eigenvalue weighted by molar-refractivity contribution is -0.152. The topological polar surface area (TPSA) is 61.5 Å². The van der Waals surface area contributed by atoms with Gasteiger partial charge in [0.2, 0.25) is 0 Å². The highest BCUT2D eigenvalue weighted by Gasteiger charge is 2.29. The molecule has 1 unspecified atom stereocenters. The average molecular weight is 263 g/mol. The Kier molecular flexibility index (Phi) is 4.93. The molecule has 0 amide bonds. The first-order chi connectivity index (χ1) is 9.26. The molecule has 0 radical (unpaired) electrons. The van der Waals surface area contributed by atoms with Gasteiger partial charge in [0.15, 0.2) is 0 Å². The van der Waals surface area contributed by atoms with Crippen LogP contribution in [0.1, 0.15) is 30.6 Å². The zero-order valence-electron chi connectivity index (χ0n) is 11.3. The quantitative estimate of drug-likeness (QED) is 0.823. The zero-order valence-corrected chi connectivity index (χ0v) is 11.3. The third-order valence-electron chi connectivity index (χ3n) is 3.56. The van der Waals surface area contributed by atoms with Gasteiger partial charge in [0, 0.05) is 5.92 Å². The summed E-state index contributed by atoms with van der Waals surface area (Å²) >= 11 is 0. The van der Waals surface area contributed by atoms with E-state index >= 15 is 0 Å². The third-order valence-corrected chi connectivity index (χ3v) is 3.56. The Hall–Kier alpha value is -1.39. The fraction of sp³-hybridized carbons (Fsp3) is 0.533. The molecule has 1 aromatic carbocycles. The van der Waals surface area contributed by atoms with Gasteiger partial charge in [-0.25, -0.2) is 4.79 Å². The van der Waals surface area contributed by atoms with Gasteiger partial charge in [-0.2, -0.15) is 0 Å². The van der Waals surface area contributed by atoms with Crippen LogP contribution >= 0.6 is 0 Å². The second kappa shape index (κ2) is 6.68. The van der Waals surface area contributed by atoms with Gasteiger partial charge in [0.05, 0.1) is 12.7 Å². The molecule has 19 heavy (non-hydrogen) atoms. The molecule has 0 saturated carbocycles. The maximum atomic E-state index is 11.4. The second-order valence-corrected chi connectivity index (χ2v) is 4.77. The molecular formula is C15H21NO3. The molecule has 4 heteroatoms. The van der Waals surface area contributed by atoms with E-state index in [4.69, 9.17) is 15.2 Å². The molecule has 2 N–H and O–H groups in total. The fourth-order valence-electron chi connectivity index (χ4n) is 2.61. The predicted molar refractivity (Wildman–Crippen MR) is 72.6 cm³/mol. The van der Waals surface area contributed by atoms with Crippen LogP contribution in [0.4, 0.5) is 0 Å². The molecule has 0 saturated heterocycles. The molecule has 2 atom stereocenters. The molecule has 1 aromatic rings. The van der Waals surface area contributed by atoms with Gasteiger partial charge >= 0.3 is 5.97 Å². The summed E-state index contributed by atoms with van der Waals surface area (Å²) in [4.78, 5) is 11.4. The largest absolute Gasteiger partial charge is 0.464 e. The lowest BCUT2D eigenvalue weighted by Gasteiger charge is -2.32. The van der Waals surface area contributed by atoms with Gasteiger partial charge in [-0.15, -0.1) is 0 Å². The van der Waals surface area contributed by atoms with E-state index in [2.05, 4.69) is 12.1 Å². The smallest absolute Gasteiger partial charge is 0.332 e. The van der Waals surface area contributed by atoms with Gasteiger partial charge in [-0.05, 0) is 37.4 Å². The van der Waals surface area contributed by atoms with Gasteiger partial charge in [0.1, 0.15) is 6.61 Å². The van der Waals surface area contributed by atoms with Crippen molar-refractivity contribution in [3.8, 4) is 0 Å².